The molecule has 1 fully saturated rings. The fourth-order valence-corrected chi connectivity index (χ4v) is 3.01. The fraction of sp³-hybridized carbons (Fsp3) is 0.462. The zero-order chi connectivity index (χ0) is 14.9. The van der Waals surface area contributed by atoms with Gasteiger partial charge in [0.25, 0.3) is 0 Å². The van der Waals surface area contributed by atoms with E-state index in [1.54, 1.807) is 4.90 Å². The molecule has 1 N–H and O–H groups in total. The Morgan fingerprint density at radius 1 is 1.45 bits per heavy atom. The van der Waals surface area contributed by atoms with Gasteiger partial charge in [-0.05, 0) is 31.0 Å². The van der Waals surface area contributed by atoms with Gasteiger partial charge in [0.15, 0.2) is 9.84 Å². The largest absolute Gasteiger partial charge is 0.481 e. The molecule has 1 atom stereocenters. The third-order valence-corrected chi connectivity index (χ3v) is 4.57. The molecule has 0 saturated carbocycles. The number of halogens is 1. The molecule has 1 aromatic rings. The van der Waals surface area contributed by atoms with E-state index < -0.39 is 27.5 Å². The average molecular weight is 301 g/mol. The summed E-state index contributed by atoms with van der Waals surface area (Å²) in [6.45, 7) is 0.809. The van der Waals surface area contributed by atoms with Crippen molar-refractivity contribution in [2.24, 2.45) is 5.92 Å². The van der Waals surface area contributed by atoms with Crippen LogP contribution < -0.4 is 4.90 Å². The summed E-state index contributed by atoms with van der Waals surface area (Å²) in [7, 11) is -3.45. The minimum absolute atomic E-state index is 0.0782. The number of carboxylic acid groups (broad SMARTS) is 1. The number of piperidine rings is 1. The van der Waals surface area contributed by atoms with Crippen molar-refractivity contribution >= 4 is 21.5 Å². The van der Waals surface area contributed by atoms with Crippen molar-refractivity contribution in [1.29, 1.82) is 0 Å². The van der Waals surface area contributed by atoms with E-state index in [0.717, 1.165) is 12.3 Å². The standard InChI is InChI=1S/C13H16FNO4S/c1-20(18,19)10-4-5-12(11(14)7-10)15-6-2-3-9(8-15)13(16)17/h4-5,7,9H,2-3,6,8H2,1H3,(H,16,17). The van der Waals surface area contributed by atoms with Crippen LogP contribution in [-0.4, -0.2) is 38.8 Å². The number of hydrogen-bond donors (Lipinski definition) is 1. The van der Waals surface area contributed by atoms with Gasteiger partial charge in [-0.25, -0.2) is 12.8 Å². The van der Waals surface area contributed by atoms with E-state index in [1.165, 1.54) is 12.1 Å². The molecule has 1 heterocycles. The number of rotatable bonds is 3. The topological polar surface area (TPSA) is 74.7 Å². The van der Waals surface area contributed by atoms with Crippen molar-refractivity contribution < 1.29 is 22.7 Å². The van der Waals surface area contributed by atoms with E-state index in [-0.39, 0.29) is 17.1 Å². The van der Waals surface area contributed by atoms with E-state index in [9.17, 15) is 17.6 Å². The van der Waals surface area contributed by atoms with Crippen LogP contribution in [0.4, 0.5) is 10.1 Å². The molecule has 1 unspecified atom stereocenters. The van der Waals surface area contributed by atoms with Gasteiger partial charge in [0.1, 0.15) is 5.82 Å². The summed E-state index contributed by atoms with van der Waals surface area (Å²) in [5, 5.41) is 9.02. The van der Waals surface area contributed by atoms with Gasteiger partial charge in [0.2, 0.25) is 0 Å². The van der Waals surface area contributed by atoms with Crippen molar-refractivity contribution in [3.63, 3.8) is 0 Å². The molecule has 0 bridgehead atoms. The van der Waals surface area contributed by atoms with Gasteiger partial charge in [-0.1, -0.05) is 0 Å². The lowest BCUT2D eigenvalue weighted by Gasteiger charge is -2.32. The highest BCUT2D eigenvalue weighted by atomic mass is 32.2. The molecule has 7 heteroatoms. The Morgan fingerprint density at radius 2 is 2.15 bits per heavy atom. The van der Waals surface area contributed by atoms with E-state index in [1.807, 2.05) is 0 Å². The van der Waals surface area contributed by atoms with Crippen LogP contribution in [0.5, 0.6) is 0 Å². The summed E-state index contributed by atoms with van der Waals surface area (Å²) < 4.78 is 36.8. The second kappa shape index (κ2) is 5.40. The minimum atomic E-state index is -3.45. The lowest BCUT2D eigenvalue weighted by Crippen LogP contribution is -2.39. The van der Waals surface area contributed by atoms with E-state index >= 15 is 0 Å². The number of anilines is 1. The smallest absolute Gasteiger partial charge is 0.308 e. The quantitative estimate of drug-likeness (QED) is 0.916. The number of sulfone groups is 1. The molecule has 110 valence electrons. The monoisotopic (exact) mass is 301 g/mol. The molecule has 0 aromatic heterocycles. The Bertz CT molecular complexity index is 629. The van der Waals surface area contributed by atoms with Crippen LogP contribution in [0.15, 0.2) is 23.1 Å². The highest BCUT2D eigenvalue weighted by Gasteiger charge is 2.27. The van der Waals surface area contributed by atoms with Crippen LogP contribution in [-0.2, 0) is 14.6 Å². The molecule has 0 aliphatic carbocycles. The van der Waals surface area contributed by atoms with Crippen LogP contribution in [0.3, 0.4) is 0 Å². The Balaban J connectivity index is 2.27. The molecule has 2 rings (SSSR count). The first-order valence-corrected chi connectivity index (χ1v) is 8.15. The zero-order valence-electron chi connectivity index (χ0n) is 11.0. The van der Waals surface area contributed by atoms with Crippen molar-refractivity contribution in [1.82, 2.24) is 0 Å². The molecule has 1 aliphatic rings. The Morgan fingerprint density at radius 3 is 2.70 bits per heavy atom. The van der Waals surface area contributed by atoms with Gasteiger partial charge in [0, 0.05) is 19.3 Å². The normalized spacial score (nSPS) is 19.9. The van der Waals surface area contributed by atoms with Crippen LogP contribution >= 0.6 is 0 Å². The number of nitrogens with zero attached hydrogens (tertiary/aromatic N) is 1. The maximum Gasteiger partial charge on any atom is 0.308 e. The first kappa shape index (κ1) is 14.8. The lowest BCUT2D eigenvalue weighted by atomic mass is 9.98. The maximum atomic E-state index is 14.0. The van der Waals surface area contributed by atoms with Gasteiger partial charge < -0.3 is 10.0 Å². The molecular formula is C13H16FNO4S. The highest BCUT2D eigenvalue weighted by molar-refractivity contribution is 7.90. The minimum Gasteiger partial charge on any atom is -0.481 e. The number of aliphatic carboxylic acids is 1. The van der Waals surface area contributed by atoms with Crippen molar-refractivity contribution in [2.45, 2.75) is 17.7 Å². The van der Waals surface area contributed by atoms with Gasteiger partial charge in [-0.15, -0.1) is 0 Å². The van der Waals surface area contributed by atoms with Crippen LogP contribution in [0, 0.1) is 11.7 Å². The Hall–Kier alpha value is -1.63. The fourth-order valence-electron chi connectivity index (χ4n) is 2.37. The highest BCUT2D eigenvalue weighted by Crippen LogP contribution is 2.27. The number of carboxylic acids is 1. The number of carbonyl (C=O) groups is 1. The van der Waals surface area contributed by atoms with Crippen molar-refractivity contribution in [2.75, 3.05) is 24.2 Å². The second-order valence-electron chi connectivity index (χ2n) is 5.01. The summed E-state index contributed by atoms with van der Waals surface area (Å²) in [4.78, 5) is 12.6. The molecule has 0 amide bonds. The van der Waals surface area contributed by atoms with Crippen LogP contribution in [0.2, 0.25) is 0 Å². The Kier molecular flexibility index (Phi) is 3.99. The van der Waals surface area contributed by atoms with E-state index in [2.05, 4.69) is 0 Å². The Labute approximate surface area is 116 Å². The van der Waals surface area contributed by atoms with Crippen molar-refractivity contribution in [3.8, 4) is 0 Å². The number of hydrogen-bond acceptors (Lipinski definition) is 4. The van der Waals surface area contributed by atoms with E-state index in [0.29, 0.717) is 19.4 Å². The van der Waals surface area contributed by atoms with Gasteiger partial charge in [-0.3, -0.25) is 4.79 Å². The molecule has 1 aromatic carbocycles. The molecule has 0 radical (unpaired) electrons. The third-order valence-electron chi connectivity index (χ3n) is 3.46. The first-order chi connectivity index (χ1) is 9.29. The second-order valence-corrected chi connectivity index (χ2v) is 7.02. The summed E-state index contributed by atoms with van der Waals surface area (Å²) in [5.74, 6) is -2.04. The molecule has 1 aliphatic heterocycles. The summed E-state index contributed by atoms with van der Waals surface area (Å²) >= 11 is 0. The van der Waals surface area contributed by atoms with E-state index in [4.69, 9.17) is 5.11 Å². The summed E-state index contributed by atoms with van der Waals surface area (Å²) in [6, 6.07) is 3.73. The summed E-state index contributed by atoms with van der Waals surface area (Å²) in [6.07, 6.45) is 2.27. The predicted molar refractivity (Wildman–Crippen MR) is 72.1 cm³/mol. The number of benzene rings is 1. The molecular weight excluding hydrogens is 285 g/mol. The zero-order valence-corrected chi connectivity index (χ0v) is 11.9. The van der Waals surface area contributed by atoms with Gasteiger partial charge >= 0.3 is 5.97 Å². The maximum absolute atomic E-state index is 14.0. The van der Waals surface area contributed by atoms with Gasteiger partial charge in [-0.2, -0.15) is 0 Å². The molecule has 0 spiro atoms. The first-order valence-electron chi connectivity index (χ1n) is 6.26. The molecule has 1 saturated heterocycles. The SMILES string of the molecule is CS(=O)(=O)c1ccc(N2CCCC(C(=O)O)C2)c(F)c1. The van der Waals surface area contributed by atoms with Crippen LogP contribution in [0.1, 0.15) is 12.8 Å². The lowest BCUT2D eigenvalue weighted by molar-refractivity contribution is -0.141. The van der Waals surface area contributed by atoms with Gasteiger partial charge in [0.05, 0.1) is 16.5 Å². The average Bonchev–Trinajstić information content (AvgIpc) is 2.37. The summed E-state index contributed by atoms with van der Waals surface area (Å²) in [5.41, 5.74) is 0.253. The predicted octanol–water partition coefficient (Wildman–Crippen LogP) is 1.53. The third kappa shape index (κ3) is 3.09. The molecule has 20 heavy (non-hydrogen) atoms. The van der Waals surface area contributed by atoms with Crippen LogP contribution in [0.25, 0.3) is 0 Å². The molecule has 5 nitrogen and oxygen atoms in total. The van der Waals surface area contributed by atoms with Crippen molar-refractivity contribution in [3.05, 3.63) is 24.0 Å².